The lowest BCUT2D eigenvalue weighted by atomic mass is 10.0. The molecule has 3 heteroatoms. The number of aryl methyl sites for hydroxylation is 1. The molecule has 0 saturated heterocycles. The summed E-state index contributed by atoms with van der Waals surface area (Å²) in [4.78, 5) is 11.0. The van der Waals surface area contributed by atoms with Crippen LogP contribution in [0.15, 0.2) is 73.3 Å². The van der Waals surface area contributed by atoms with Gasteiger partial charge in [0.15, 0.2) is 0 Å². The summed E-state index contributed by atoms with van der Waals surface area (Å²) in [6.45, 7) is 6.58. The van der Waals surface area contributed by atoms with Crippen LogP contribution in [0.2, 0.25) is 0 Å². The number of esters is 1. The molecule has 0 aromatic heterocycles. The SMILES string of the molecule is C=CC(=O)OCCCCOc1ccc2cc(C#Cc3ccc(CCCCC)cc3)ccc2c1. The molecule has 0 saturated carbocycles. The third-order valence-corrected chi connectivity index (χ3v) is 5.40. The van der Waals surface area contributed by atoms with Crippen LogP contribution < -0.4 is 4.74 Å². The Bertz CT molecular complexity index is 1120. The molecule has 0 heterocycles. The average Bonchev–Trinajstić information content (AvgIpc) is 2.85. The van der Waals surface area contributed by atoms with Gasteiger partial charge >= 0.3 is 5.97 Å². The molecule has 0 fully saturated rings. The summed E-state index contributed by atoms with van der Waals surface area (Å²) >= 11 is 0. The minimum absolute atomic E-state index is 0.384. The van der Waals surface area contributed by atoms with Crippen LogP contribution >= 0.6 is 0 Å². The molecular formula is C30H32O3. The smallest absolute Gasteiger partial charge is 0.330 e. The van der Waals surface area contributed by atoms with Gasteiger partial charge in [0.25, 0.3) is 0 Å². The van der Waals surface area contributed by atoms with E-state index >= 15 is 0 Å². The van der Waals surface area contributed by atoms with E-state index in [1.165, 1.54) is 30.9 Å². The predicted molar refractivity (Wildman–Crippen MR) is 135 cm³/mol. The maximum atomic E-state index is 11.0. The lowest BCUT2D eigenvalue weighted by Gasteiger charge is -2.08. The molecule has 0 atom stereocenters. The van der Waals surface area contributed by atoms with Crippen molar-refractivity contribution in [1.82, 2.24) is 0 Å². The number of hydrogen-bond donors (Lipinski definition) is 0. The highest BCUT2D eigenvalue weighted by molar-refractivity contribution is 5.85. The third kappa shape index (κ3) is 8.16. The second-order valence-electron chi connectivity index (χ2n) is 8.05. The second kappa shape index (κ2) is 13.1. The van der Waals surface area contributed by atoms with E-state index in [1.807, 2.05) is 18.2 Å². The summed E-state index contributed by atoms with van der Waals surface area (Å²) in [7, 11) is 0. The highest BCUT2D eigenvalue weighted by Crippen LogP contribution is 2.22. The molecule has 0 N–H and O–H groups in total. The quantitative estimate of drug-likeness (QED) is 0.141. The van der Waals surface area contributed by atoms with Crippen molar-refractivity contribution < 1.29 is 14.3 Å². The van der Waals surface area contributed by atoms with Gasteiger partial charge in [-0.2, -0.15) is 0 Å². The van der Waals surface area contributed by atoms with Crippen LogP contribution in [-0.4, -0.2) is 19.2 Å². The van der Waals surface area contributed by atoms with Gasteiger partial charge < -0.3 is 9.47 Å². The van der Waals surface area contributed by atoms with Gasteiger partial charge in [-0.05, 0) is 78.4 Å². The van der Waals surface area contributed by atoms with Gasteiger partial charge in [0.05, 0.1) is 13.2 Å². The first-order valence-electron chi connectivity index (χ1n) is 11.7. The fourth-order valence-corrected chi connectivity index (χ4v) is 3.50. The largest absolute Gasteiger partial charge is 0.494 e. The lowest BCUT2D eigenvalue weighted by Crippen LogP contribution is -2.04. The highest BCUT2D eigenvalue weighted by atomic mass is 16.5. The topological polar surface area (TPSA) is 35.5 Å². The molecule has 3 aromatic carbocycles. The van der Waals surface area contributed by atoms with Crippen LogP contribution in [0, 0.1) is 11.8 Å². The molecule has 0 aliphatic rings. The van der Waals surface area contributed by atoms with Crippen LogP contribution in [0.25, 0.3) is 10.8 Å². The van der Waals surface area contributed by atoms with Gasteiger partial charge in [0, 0.05) is 17.2 Å². The van der Waals surface area contributed by atoms with Gasteiger partial charge in [0.2, 0.25) is 0 Å². The summed E-state index contributed by atoms with van der Waals surface area (Å²) in [5.41, 5.74) is 3.42. The summed E-state index contributed by atoms with van der Waals surface area (Å²) in [6, 6.07) is 20.9. The van der Waals surface area contributed by atoms with E-state index in [-0.39, 0.29) is 5.97 Å². The lowest BCUT2D eigenvalue weighted by molar-refractivity contribution is -0.137. The van der Waals surface area contributed by atoms with E-state index in [9.17, 15) is 4.79 Å². The molecular weight excluding hydrogens is 408 g/mol. The van der Waals surface area contributed by atoms with E-state index in [2.05, 4.69) is 67.8 Å². The molecule has 0 bridgehead atoms. The fraction of sp³-hybridized carbons (Fsp3) is 0.300. The number of carbonyl (C=O) groups excluding carboxylic acids is 1. The molecule has 0 amide bonds. The van der Waals surface area contributed by atoms with Crippen LogP contribution in [-0.2, 0) is 16.0 Å². The third-order valence-electron chi connectivity index (χ3n) is 5.40. The number of ether oxygens (including phenoxy) is 2. The monoisotopic (exact) mass is 440 g/mol. The second-order valence-corrected chi connectivity index (χ2v) is 8.05. The molecule has 33 heavy (non-hydrogen) atoms. The maximum Gasteiger partial charge on any atom is 0.330 e. The minimum Gasteiger partial charge on any atom is -0.494 e. The summed E-state index contributed by atoms with van der Waals surface area (Å²) < 4.78 is 10.8. The highest BCUT2D eigenvalue weighted by Gasteiger charge is 2.00. The van der Waals surface area contributed by atoms with Crippen molar-refractivity contribution in [2.75, 3.05) is 13.2 Å². The Kier molecular flexibility index (Phi) is 9.61. The summed E-state index contributed by atoms with van der Waals surface area (Å²) in [5, 5.41) is 2.26. The van der Waals surface area contributed by atoms with E-state index < -0.39 is 0 Å². The molecule has 3 nitrogen and oxygen atoms in total. The van der Waals surface area contributed by atoms with Gasteiger partial charge in [-0.3, -0.25) is 0 Å². The number of carbonyl (C=O) groups is 1. The average molecular weight is 441 g/mol. The number of rotatable bonds is 11. The number of unbranched alkanes of at least 4 members (excludes halogenated alkanes) is 3. The van der Waals surface area contributed by atoms with Gasteiger partial charge in [-0.1, -0.05) is 62.5 Å². The van der Waals surface area contributed by atoms with Crippen LogP contribution in [0.4, 0.5) is 0 Å². The normalized spacial score (nSPS) is 10.3. The van der Waals surface area contributed by atoms with Crippen molar-refractivity contribution in [2.45, 2.75) is 45.4 Å². The number of hydrogen-bond acceptors (Lipinski definition) is 3. The first kappa shape index (κ1) is 24.1. The Labute approximate surface area is 197 Å². The Morgan fingerprint density at radius 2 is 1.55 bits per heavy atom. The Morgan fingerprint density at radius 3 is 2.33 bits per heavy atom. The summed E-state index contributed by atoms with van der Waals surface area (Å²) in [6.07, 6.45) is 7.68. The van der Waals surface area contributed by atoms with E-state index in [0.29, 0.717) is 13.2 Å². The first-order chi connectivity index (χ1) is 16.2. The Hall–Kier alpha value is -3.51. The Morgan fingerprint density at radius 1 is 0.848 bits per heavy atom. The predicted octanol–water partition coefficient (Wildman–Crippen LogP) is 6.86. The standard InChI is InChI=1S/C30H32O3/c1-3-5-6-9-24-10-12-25(13-11-24)14-15-26-16-17-28-23-29(19-18-27(28)22-26)32-20-7-8-21-33-30(31)4-2/h4,10-13,16-19,22-23H,2-3,5-9,20-21H2,1H3. The van der Waals surface area contributed by atoms with Gasteiger partial charge in [-0.25, -0.2) is 4.79 Å². The van der Waals surface area contributed by atoms with Crippen molar-refractivity contribution in [3.05, 3.63) is 90.0 Å². The molecule has 0 unspecified atom stereocenters. The first-order valence-corrected chi connectivity index (χ1v) is 11.7. The van der Waals surface area contributed by atoms with Crippen LogP contribution in [0.1, 0.15) is 55.7 Å². The van der Waals surface area contributed by atoms with E-state index in [0.717, 1.165) is 46.9 Å². The van der Waals surface area contributed by atoms with Gasteiger partial charge in [0.1, 0.15) is 5.75 Å². The van der Waals surface area contributed by atoms with Crippen molar-refractivity contribution in [1.29, 1.82) is 0 Å². The van der Waals surface area contributed by atoms with Crippen molar-refractivity contribution >= 4 is 16.7 Å². The molecule has 0 spiro atoms. The van der Waals surface area contributed by atoms with E-state index in [1.54, 1.807) is 0 Å². The molecule has 0 aliphatic carbocycles. The molecule has 0 aliphatic heterocycles. The van der Waals surface area contributed by atoms with Gasteiger partial charge in [-0.15, -0.1) is 0 Å². The van der Waals surface area contributed by atoms with Crippen molar-refractivity contribution in [3.8, 4) is 17.6 Å². The molecule has 3 rings (SSSR count). The zero-order valence-electron chi connectivity index (χ0n) is 19.4. The van der Waals surface area contributed by atoms with E-state index in [4.69, 9.17) is 9.47 Å². The zero-order valence-corrected chi connectivity index (χ0v) is 19.4. The van der Waals surface area contributed by atoms with Crippen molar-refractivity contribution in [3.63, 3.8) is 0 Å². The van der Waals surface area contributed by atoms with Crippen LogP contribution in [0.5, 0.6) is 5.75 Å². The Balaban J connectivity index is 1.52. The molecule has 170 valence electrons. The van der Waals surface area contributed by atoms with Crippen LogP contribution in [0.3, 0.4) is 0 Å². The van der Waals surface area contributed by atoms with Crippen molar-refractivity contribution in [2.24, 2.45) is 0 Å². The number of benzene rings is 3. The molecule has 3 aromatic rings. The maximum absolute atomic E-state index is 11.0. The molecule has 0 radical (unpaired) electrons. The number of fused-ring (bicyclic) bond motifs is 1. The minimum atomic E-state index is -0.384. The fourth-order valence-electron chi connectivity index (χ4n) is 3.50. The zero-order chi connectivity index (χ0) is 23.3. The summed E-state index contributed by atoms with van der Waals surface area (Å²) in [5.74, 6) is 7.01.